The number of nitrogens with zero attached hydrogens (tertiary/aromatic N) is 1. The lowest BCUT2D eigenvalue weighted by atomic mass is 10.2. The Morgan fingerprint density at radius 2 is 1.93 bits per heavy atom. The van der Waals surface area contributed by atoms with Crippen LogP contribution in [0.4, 0.5) is 10.5 Å². The van der Waals surface area contributed by atoms with Crippen LogP contribution in [0.1, 0.15) is 32.3 Å². The number of aliphatic carboxylic acids is 1. The molecule has 0 aliphatic carbocycles. The highest BCUT2D eigenvalue weighted by atomic mass is 16.5. The number of hydrogen-bond acceptors (Lipinski definition) is 6. The van der Waals surface area contributed by atoms with Crippen molar-refractivity contribution in [1.29, 1.82) is 5.41 Å². The Labute approximate surface area is 169 Å². The third-order valence-corrected chi connectivity index (χ3v) is 3.99. The fraction of sp³-hybridized carbons (Fsp3) is 0.474. The number of carbonyl (C=O) groups excluding carboxylic acids is 2. The summed E-state index contributed by atoms with van der Waals surface area (Å²) in [6.07, 6.45) is 1.01. The molecule has 0 saturated carbocycles. The summed E-state index contributed by atoms with van der Waals surface area (Å²) in [7, 11) is 0. The molecule has 2 rings (SSSR count). The van der Waals surface area contributed by atoms with E-state index in [0.717, 1.165) is 25.6 Å². The van der Waals surface area contributed by atoms with E-state index in [1.165, 1.54) is 0 Å². The van der Waals surface area contributed by atoms with Gasteiger partial charge in [0.2, 0.25) is 0 Å². The normalized spacial score (nSPS) is 15.0. The van der Waals surface area contributed by atoms with Crippen molar-refractivity contribution in [3.63, 3.8) is 0 Å². The number of anilines is 1. The Morgan fingerprint density at radius 3 is 2.48 bits per heavy atom. The minimum Gasteiger partial charge on any atom is -0.481 e. The smallest absolute Gasteiger partial charge is 0.315 e. The molecule has 1 aromatic carbocycles. The third-order valence-electron chi connectivity index (χ3n) is 3.99. The summed E-state index contributed by atoms with van der Waals surface area (Å²) < 4.78 is 4.80. The molecule has 1 unspecified atom stereocenters. The first-order valence-corrected chi connectivity index (χ1v) is 9.31. The number of amidine groups is 1. The van der Waals surface area contributed by atoms with Gasteiger partial charge in [-0.2, -0.15) is 0 Å². The number of ether oxygens (including phenoxy) is 1. The van der Waals surface area contributed by atoms with Crippen LogP contribution in [0.3, 0.4) is 0 Å². The topological polar surface area (TPSA) is 158 Å². The quantitative estimate of drug-likeness (QED) is 0.255. The standard InChI is InChI=1S/C17H25N5O3.C2H4O2/c1-2-25-15(23)7-9-20-17(24)21-13-8-10-22(11-13)14-5-3-12(4-6-14)16(18)19;1-2(3)4/h3-6,13H,2,7-11H2,1H3,(H3,18,19)(H2,20,21,24);1H3,(H,3,4). The average Bonchev–Trinajstić information content (AvgIpc) is 3.10. The molecule has 2 amide bonds. The predicted octanol–water partition coefficient (Wildman–Crippen LogP) is 0.893. The van der Waals surface area contributed by atoms with E-state index in [2.05, 4.69) is 15.5 Å². The summed E-state index contributed by atoms with van der Waals surface area (Å²) in [6, 6.07) is 7.27. The summed E-state index contributed by atoms with van der Waals surface area (Å²) in [5.74, 6) is -1.10. The Hall–Kier alpha value is -3.30. The van der Waals surface area contributed by atoms with E-state index in [-0.39, 0.29) is 36.8 Å². The van der Waals surface area contributed by atoms with Gasteiger partial charge >= 0.3 is 12.0 Å². The fourth-order valence-electron chi connectivity index (χ4n) is 2.71. The lowest BCUT2D eigenvalue weighted by molar-refractivity contribution is -0.143. The molecule has 1 aromatic rings. The SMILES string of the molecule is CC(=O)O.CCOC(=O)CCNC(=O)NC1CCN(c2ccc(C(=N)N)cc2)C1. The van der Waals surface area contributed by atoms with E-state index >= 15 is 0 Å². The van der Waals surface area contributed by atoms with Crippen LogP contribution in [0.5, 0.6) is 0 Å². The van der Waals surface area contributed by atoms with Crippen LogP contribution in [-0.4, -0.2) is 61.2 Å². The zero-order valence-corrected chi connectivity index (χ0v) is 16.7. The molecule has 1 atom stereocenters. The number of hydrogen-bond donors (Lipinski definition) is 5. The molecule has 1 aliphatic rings. The second-order valence-corrected chi connectivity index (χ2v) is 6.37. The van der Waals surface area contributed by atoms with Gasteiger partial charge in [0.1, 0.15) is 5.84 Å². The number of esters is 1. The van der Waals surface area contributed by atoms with Crippen LogP contribution in [0.15, 0.2) is 24.3 Å². The van der Waals surface area contributed by atoms with Gasteiger partial charge in [0.25, 0.3) is 5.97 Å². The van der Waals surface area contributed by atoms with Gasteiger partial charge in [-0.25, -0.2) is 4.79 Å². The zero-order chi connectivity index (χ0) is 21.8. The maximum atomic E-state index is 11.9. The summed E-state index contributed by atoms with van der Waals surface area (Å²) in [6.45, 7) is 4.99. The average molecular weight is 407 g/mol. The fourth-order valence-corrected chi connectivity index (χ4v) is 2.71. The maximum absolute atomic E-state index is 11.9. The van der Waals surface area contributed by atoms with Gasteiger partial charge in [0.15, 0.2) is 0 Å². The molecule has 0 spiro atoms. The minimum absolute atomic E-state index is 0.0482. The van der Waals surface area contributed by atoms with Gasteiger partial charge in [-0.1, -0.05) is 0 Å². The van der Waals surface area contributed by atoms with Crippen molar-refractivity contribution in [3.05, 3.63) is 29.8 Å². The van der Waals surface area contributed by atoms with E-state index in [4.69, 9.17) is 25.8 Å². The highest BCUT2D eigenvalue weighted by Crippen LogP contribution is 2.20. The molecule has 1 saturated heterocycles. The molecule has 1 heterocycles. The molecule has 10 nitrogen and oxygen atoms in total. The highest BCUT2D eigenvalue weighted by molar-refractivity contribution is 5.95. The monoisotopic (exact) mass is 407 g/mol. The first-order chi connectivity index (χ1) is 13.7. The van der Waals surface area contributed by atoms with Crippen LogP contribution in [0, 0.1) is 5.41 Å². The van der Waals surface area contributed by atoms with E-state index in [1.807, 2.05) is 24.3 Å². The zero-order valence-electron chi connectivity index (χ0n) is 16.7. The maximum Gasteiger partial charge on any atom is 0.315 e. The van der Waals surface area contributed by atoms with Crippen molar-refractivity contribution in [2.45, 2.75) is 32.7 Å². The molecule has 1 fully saturated rings. The van der Waals surface area contributed by atoms with Gasteiger partial charge in [-0.3, -0.25) is 15.0 Å². The largest absolute Gasteiger partial charge is 0.481 e. The summed E-state index contributed by atoms with van der Waals surface area (Å²) in [5, 5.41) is 20.4. The van der Waals surface area contributed by atoms with Crippen molar-refractivity contribution in [1.82, 2.24) is 10.6 Å². The van der Waals surface area contributed by atoms with Gasteiger partial charge < -0.3 is 31.1 Å². The number of nitrogens with one attached hydrogen (secondary N) is 3. The Morgan fingerprint density at radius 1 is 1.31 bits per heavy atom. The number of carboxylic acid groups (broad SMARTS) is 1. The van der Waals surface area contributed by atoms with Crippen molar-refractivity contribution in [2.75, 3.05) is 31.1 Å². The van der Waals surface area contributed by atoms with Crippen LogP contribution >= 0.6 is 0 Å². The van der Waals surface area contributed by atoms with E-state index in [9.17, 15) is 9.59 Å². The van der Waals surface area contributed by atoms with E-state index in [1.54, 1.807) is 6.92 Å². The third kappa shape index (κ3) is 9.45. The second-order valence-electron chi connectivity index (χ2n) is 6.37. The number of amides is 2. The number of benzene rings is 1. The minimum atomic E-state index is -0.833. The summed E-state index contributed by atoms with van der Waals surface area (Å²) >= 11 is 0. The number of nitrogens with two attached hydrogens (primary N) is 1. The summed E-state index contributed by atoms with van der Waals surface area (Å²) in [5.41, 5.74) is 7.19. The van der Waals surface area contributed by atoms with Gasteiger partial charge in [0.05, 0.1) is 13.0 Å². The van der Waals surface area contributed by atoms with E-state index in [0.29, 0.717) is 18.7 Å². The lowest BCUT2D eigenvalue weighted by Gasteiger charge is -2.19. The number of carbonyl (C=O) groups is 3. The second kappa shape index (κ2) is 12.2. The molecule has 10 heteroatoms. The molecule has 0 aromatic heterocycles. The van der Waals surface area contributed by atoms with Crippen molar-refractivity contribution >= 4 is 29.5 Å². The van der Waals surface area contributed by atoms with Crippen LogP contribution < -0.4 is 21.3 Å². The molecule has 29 heavy (non-hydrogen) atoms. The van der Waals surface area contributed by atoms with Crippen LogP contribution in [0.2, 0.25) is 0 Å². The molecule has 1 aliphatic heterocycles. The molecule has 0 bridgehead atoms. The predicted molar refractivity (Wildman–Crippen MR) is 109 cm³/mol. The Bertz CT molecular complexity index is 703. The van der Waals surface area contributed by atoms with Gasteiger partial charge in [0, 0.05) is 43.9 Å². The number of nitrogen functional groups attached to an aromatic ring is 1. The summed E-state index contributed by atoms with van der Waals surface area (Å²) in [4.78, 5) is 34.3. The number of rotatable bonds is 7. The molecule has 6 N–H and O–H groups in total. The van der Waals surface area contributed by atoms with Crippen molar-refractivity contribution in [3.8, 4) is 0 Å². The first kappa shape index (κ1) is 23.7. The van der Waals surface area contributed by atoms with E-state index < -0.39 is 5.97 Å². The Kier molecular flexibility index (Phi) is 10.00. The molecular weight excluding hydrogens is 378 g/mol. The Balaban J connectivity index is 0.000000960. The number of carboxylic acids is 1. The van der Waals surface area contributed by atoms with Crippen molar-refractivity contribution in [2.24, 2.45) is 5.73 Å². The lowest BCUT2D eigenvalue weighted by Crippen LogP contribution is -2.44. The van der Waals surface area contributed by atoms with Crippen LogP contribution in [0.25, 0.3) is 0 Å². The van der Waals surface area contributed by atoms with Gasteiger partial charge in [-0.15, -0.1) is 0 Å². The molecule has 0 radical (unpaired) electrons. The van der Waals surface area contributed by atoms with Gasteiger partial charge in [-0.05, 0) is 37.6 Å². The molecular formula is C19H29N5O5. The first-order valence-electron chi connectivity index (χ1n) is 9.31. The highest BCUT2D eigenvalue weighted by Gasteiger charge is 2.24. The van der Waals surface area contributed by atoms with Crippen molar-refractivity contribution < 1.29 is 24.2 Å². The number of urea groups is 1. The van der Waals surface area contributed by atoms with Crippen LogP contribution in [-0.2, 0) is 14.3 Å². The molecule has 160 valence electrons.